The maximum atomic E-state index is 5.90. The summed E-state index contributed by atoms with van der Waals surface area (Å²) in [6.45, 7) is 0.625. The number of nitrogens with zero attached hydrogens (tertiary/aromatic N) is 4. The van der Waals surface area contributed by atoms with Crippen LogP contribution in [0.4, 0.5) is 5.82 Å². The predicted octanol–water partition coefficient (Wildman–Crippen LogP) is 2.32. The molecule has 7 heteroatoms. The fourth-order valence-electron chi connectivity index (χ4n) is 1.78. The van der Waals surface area contributed by atoms with Crippen LogP contribution in [0.25, 0.3) is 10.9 Å². The molecule has 0 amide bonds. The zero-order valence-corrected chi connectivity index (χ0v) is 10.6. The summed E-state index contributed by atoms with van der Waals surface area (Å²) >= 11 is 5.90. The number of nitrogens with one attached hydrogen (secondary N) is 1. The van der Waals surface area contributed by atoms with E-state index in [0.29, 0.717) is 24.7 Å². The molecule has 1 N–H and O–H groups in total. The largest absolute Gasteiger partial charge is 0.369 e. The second-order valence-electron chi connectivity index (χ2n) is 3.87. The quantitative estimate of drug-likeness (QED) is 0.736. The van der Waals surface area contributed by atoms with Gasteiger partial charge in [-0.2, -0.15) is 4.98 Å². The first-order valence-electron chi connectivity index (χ1n) is 5.74. The van der Waals surface area contributed by atoms with Crippen LogP contribution in [0.5, 0.6) is 0 Å². The smallest absolute Gasteiger partial charge is 0.228 e. The van der Waals surface area contributed by atoms with Gasteiger partial charge in [0.25, 0.3) is 0 Å². The van der Waals surface area contributed by atoms with Crippen molar-refractivity contribution in [1.82, 2.24) is 20.1 Å². The van der Waals surface area contributed by atoms with Gasteiger partial charge in [0.15, 0.2) is 6.33 Å². The summed E-state index contributed by atoms with van der Waals surface area (Å²) < 4.78 is 4.92. The molecule has 0 fully saturated rings. The average Bonchev–Trinajstić information content (AvgIpc) is 2.91. The van der Waals surface area contributed by atoms with Gasteiger partial charge in [-0.25, -0.2) is 9.97 Å². The SMILES string of the molecule is Clc1nc(NCCc2ncno2)c2ccccc2n1. The average molecular weight is 276 g/mol. The summed E-state index contributed by atoms with van der Waals surface area (Å²) in [5.41, 5.74) is 0.808. The third-order valence-corrected chi connectivity index (χ3v) is 2.78. The number of anilines is 1. The molecule has 3 rings (SSSR count). The molecular weight excluding hydrogens is 266 g/mol. The summed E-state index contributed by atoms with van der Waals surface area (Å²) in [5.74, 6) is 1.28. The molecule has 6 nitrogen and oxygen atoms in total. The second-order valence-corrected chi connectivity index (χ2v) is 4.21. The van der Waals surface area contributed by atoms with Gasteiger partial charge in [-0.3, -0.25) is 0 Å². The molecule has 1 aromatic carbocycles. The van der Waals surface area contributed by atoms with Gasteiger partial charge >= 0.3 is 0 Å². The molecule has 0 saturated carbocycles. The van der Waals surface area contributed by atoms with Crippen molar-refractivity contribution in [1.29, 1.82) is 0 Å². The van der Waals surface area contributed by atoms with E-state index in [1.807, 2.05) is 24.3 Å². The van der Waals surface area contributed by atoms with Crippen LogP contribution in [-0.2, 0) is 6.42 Å². The number of fused-ring (bicyclic) bond motifs is 1. The highest BCUT2D eigenvalue weighted by atomic mass is 35.5. The van der Waals surface area contributed by atoms with Gasteiger partial charge < -0.3 is 9.84 Å². The van der Waals surface area contributed by atoms with Crippen LogP contribution in [-0.4, -0.2) is 26.7 Å². The highest BCUT2D eigenvalue weighted by Crippen LogP contribution is 2.21. The van der Waals surface area contributed by atoms with E-state index in [1.54, 1.807) is 0 Å². The lowest BCUT2D eigenvalue weighted by Gasteiger charge is -2.07. The Balaban J connectivity index is 1.80. The van der Waals surface area contributed by atoms with Crippen molar-refractivity contribution < 1.29 is 4.52 Å². The van der Waals surface area contributed by atoms with Gasteiger partial charge in [0.05, 0.1) is 5.52 Å². The van der Waals surface area contributed by atoms with Gasteiger partial charge in [0.2, 0.25) is 11.2 Å². The molecule has 0 aliphatic heterocycles. The first-order valence-corrected chi connectivity index (χ1v) is 6.12. The van der Waals surface area contributed by atoms with Crippen molar-refractivity contribution in [3.05, 3.63) is 41.8 Å². The Morgan fingerprint density at radius 3 is 2.95 bits per heavy atom. The van der Waals surface area contributed by atoms with E-state index in [4.69, 9.17) is 16.1 Å². The van der Waals surface area contributed by atoms with Crippen LogP contribution in [0.15, 0.2) is 35.1 Å². The standard InChI is InChI=1S/C12H10ClN5O/c13-12-17-9-4-2-1-3-8(9)11(18-12)14-6-5-10-15-7-16-19-10/h1-4,7H,5-6H2,(H,14,17,18). The van der Waals surface area contributed by atoms with Crippen LogP contribution in [0, 0.1) is 0 Å². The minimum absolute atomic E-state index is 0.221. The fraction of sp³-hybridized carbons (Fsp3) is 0.167. The third-order valence-electron chi connectivity index (χ3n) is 2.61. The Morgan fingerprint density at radius 1 is 1.21 bits per heavy atom. The summed E-state index contributed by atoms with van der Waals surface area (Å²) in [6, 6.07) is 7.68. The Hall–Kier alpha value is -2.21. The molecule has 0 aliphatic rings. The summed E-state index contributed by atoms with van der Waals surface area (Å²) in [4.78, 5) is 12.3. The first kappa shape index (κ1) is 11.9. The lowest BCUT2D eigenvalue weighted by atomic mass is 10.2. The van der Waals surface area contributed by atoms with E-state index in [-0.39, 0.29) is 5.28 Å². The van der Waals surface area contributed by atoms with E-state index < -0.39 is 0 Å². The topological polar surface area (TPSA) is 76.7 Å². The Kier molecular flexibility index (Phi) is 3.24. The molecule has 0 spiro atoms. The minimum atomic E-state index is 0.221. The molecule has 0 aliphatic carbocycles. The molecule has 0 atom stereocenters. The molecule has 3 aromatic rings. The van der Waals surface area contributed by atoms with Crippen molar-refractivity contribution in [3.8, 4) is 0 Å². The maximum absolute atomic E-state index is 5.90. The summed E-state index contributed by atoms with van der Waals surface area (Å²) in [6.07, 6.45) is 2.00. The number of para-hydroxylation sites is 1. The van der Waals surface area contributed by atoms with Gasteiger partial charge in [-0.15, -0.1) is 0 Å². The van der Waals surface area contributed by atoms with Crippen molar-refractivity contribution in [3.63, 3.8) is 0 Å². The van der Waals surface area contributed by atoms with Crippen molar-refractivity contribution in [2.45, 2.75) is 6.42 Å². The second kappa shape index (κ2) is 5.19. The van der Waals surface area contributed by atoms with Gasteiger partial charge in [0.1, 0.15) is 5.82 Å². The zero-order chi connectivity index (χ0) is 13.1. The van der Waals surface area contributed by atoms with Crippen LogP contribution < -0.4 is 5.32 Å². The van der Waals surface area contributed by atoms with Crippen LogP contribution in [0.1, 0.15) is 5.89 Å². The zero-order valence-electron chi connectivity index (χ0n) is 9.88. The van der Waals surface area contributed by atoms with Crippen molar-refractivity contribution in [2.24, 2.45) is 0 Å². The van der Waals surface area contributed by atoms with Gasteiger partial charge in [0, 0.05) is 18.4 Å². The number of halogens is 1. The van der Waals surface area contributed by atoms with Gasteiger partial charge in [-0.1, -0.05) is 17.3 Å². The van der Waals surface area contributed by atoms with Gasteiger partial charge in [-0.05, 0) is 23.7 Å². The van der Waals surface area contributed by atoms with Crippen LogP contribution in [0.2, 0.25) is 5.28 Å². The lowest BCUT2D eigenvalue weighted by molar-refractivity contribution is 0.380. The highest BCUT2D eigenvalue weighted by Gasteiger charge is 2.06. The predicted molar refractivity (Wildman–Crippen MR) is 71.0 cm³/mol. The molecule has 0 radical (unpaired) electrons. The van der Waals surface area contributed by atoms with Crippen molar-refractivity contribution in [2.75, 3.05) is 11.9 Å². The number of hydrogen-bond acceptors (Lipinski definition) is 6. The molecule has 0 bridgehead atoms. The Bertz CT molecular complexity index is 686. The number of hydrogen-bond donors (Lipinski definition) is 1. The normalized spacial score (nSPS) is 10.8. The van der Waals surface area contributed by atoms with Crippen LogP contribution >= 0.6 is 11.6 Å². The van der Waals surface area contributed by atoms with E-state index in [0.717, 1.165) is 10.9 Å². The van der Waals surface area contributed by atoms with E-state index in [9.17, 15) is 0 Å². The number of benzene rings is 1. The molecule has 19 heavy (non-hydrogen) atoms. The number of rotatable bonds is 4. The van der Waals surface area contributed by atoms with Crippen LogP contribution in [0.3, 0.4) is 0 Å². The van der Waals surface area contributed by atoms with E-state index >= 15 is 0 Å². The molecule has 2 aromatic heterocycles. The summed E-state index contributed by atoms with van der Waals surface area (Å²) in [7, 11) is 0. The Morgan fingerprint density at radius 2 is 2.11 bits per heavy atom. The van der Waals surface area contributed by atoms with E-state index in [1.165, 1.54) is 6.33 Å². The first-order chi connectivity index (χ1) is 9.33. The maximum Gasteiger partial charge on any atom is 0.228 e. The monoisotopic (exact) mass is 275 g/mol. The summed E-state index contributed by atoms with van der Waals surface area (Å²) in [5, 5.41) is 7.90. The van der Waals surface area contributed by atoms with Crippen molar-refractivity contribution >= 4 is 28.3 Å². The molecule has 96 valence electrons. The highest BCUT2D eigenvalue weighted by molar-refractivity contribution is 6.28. The number of aromatic nitrogens is 4. The lowest BCUT2D eigenvalue weighted by Crippen LogP contribution is -2.07. The fourth-order valence-corrected chi connectivity index (χ4v) is 1.95. The third kappa shape index (κ3) is 2.63. The minimum Gasteiger partial charge on any atom is -0.369 e. The van der Waals surface area contributed by atoms with E-state index in [2.05, 4.69) is 25.4 Å². The molecular formula is C12H10ClN5O. The molecule has 0 saturated heterocycles. The molecule has 2 heterocycles. The Labute approximate surface area is 113 Å². The molecule has 0 unspecified atom stereocenters.